The van der Waals surface area contributed by atoms with E-state index in [4.69, 9.17) is 5.26 Å². The second-order valence-electron chi connectivity index (χ2n) is 4.48. The van der Waals surface area contributed by atoms with Crippen molar-refractivity contribution in [3.8, 4) is 16.6 Å². The van der Waals surface area contributed by atoms with Gasteiger partial charge in [0.1, 0.15) is 5.01 Å². The summed E-state index contributed by atoms with van der Waals surface area (Å²) in [7, 11) is 0. The van der Waals surface area contributed by atoms with E-state index in [2.05, 4.69) is 49.3 Å². The average molecular weight is 256 g/mol. The number of rotatable bonds is 3. The highest BCUT2D eigenvalue weighted by Gasteiger charge is 2.09. The standard InChI is InChI=1S/C15H16N2S/c1-10-6-7-14(12(3)11(10)2)15-17-13(9-18-15)5-4-8-16/h6-7,9H,4-5H2,1-3H3. The molecule has 2 rings (SSSR count). The zero-order valence-corrected chi connectivity index (χ0v) is 11.8. The van der Waals surface area contributed by atoms with Crippen LogP contribution in [0, 0.1) is 32.1 Å². The van der Waals surface area contributed by atoms with Gasteiger partial charge in [-0.2, -0.15) is 5.26 Å². The Bertz CT molecular complexity index is 605. The predicted molar refractivity (Wildman–Crippen MR) is 75.7 cm³/mol. The van der Waals surface area contributed by atoms with E-state index in [1.165, 1.54) is 22.3 Å². The number of thiazole rings is 1. The van der Waals surface area contributed by atoms with Crippen LogP contribution < -0.4 is 0 Å². The van der Waals surface area contributed by atoms with Gasteiger partial charge in [-0.05, 0) is 37.5 Å². The van der Waals surface area contributed by atoms with Gasteiger partial charge in [0.2, 0.25) is 0 Å². The molecular weight excluding hydrogens is 240 g/mol. The molecule has 1 aromatic carbocycles. The van der Waals surface area contributed by atoms with Crippen LogP contribution in [0.2, 0.25) is 0 Å². The number of aryl methyl sites for hydroxylation is 2. The highest BCUT2D eigenvalue weighted by Crippen LogP contribution is 2.30. The SMILES string of the molecule is Cc1ccc(-c2nc(CCC#N)cs2)c(C)c1C. The fourth-order valence-electron chi connectivity index (χ4n) is 1.92. The Labute approximate surface area is 112 Å². The number of nitriles is 1. The topological polar surface area (TPSA) is 36.7 Å². The molecule has 2 nitrogen and oxygen atoms in total. The van der Waals surface area contributed by atoms with E-state index in [-0.39, 0.29) is 0 Å². The lowest BCUT2D eigenvalue weighted by Crippen LogP contribution is -1.91. The molecule has 18 heavy (non-hydrogen) atoms. The molecule has 0 aliphatic rings. The fourth-order valence-corrected chi connectivity index (χ4v) is 2.85. The molecule has 2 aromatic rings. The van der Waals surface area contributed by atoms with Crippen molar-refractivity contribution in [3.63, 3.8) is 0 Å². The number of nitrogens with zero attached hydrogens (tertiary/aromatic N) is 2. The van der Waals surface area contributed by atoms with Crippen molar-refractivity contribution in [2.24, 2.45) is 0 Å². The Morgan fingerprint density at radius 3 is 2.72 bits per heavy atom. The van der Waals surface area contributed by atoms with Gasteiger partial charge < -0.3 is 0 Å². The van der Waals surface area contributed by atoms with Crippen LogP contribution in [-0.4, -0.2) is 4.98 Å². The van der Waals surface area contributed by atoms with E-state index in [1.54, 1.807) is 11.3 Å². The maximum Gasteiger partial charge on any atom is 0.123 e. The molecule has 0 fully saturated rings. The average Bonchev–Trinajstić information content (AvgIpc) is 2.82. The Kier molecular flexibility index (Phi) is 3.78. The van der Waals surface area contributed by atoms with Crippen molar-refractivity contribution in [1.82, 2.24) is 4.98 Å². The van der Waals surface area contributed by atoms with E-state index < -0.39 is 0 Å². The lowest BCUT2D eigenvalue weighted by atomic mass is 9.99. The minimum atomic E-state index is 0.537. The molecule has 1 aromatic heterocycles. The van der Waals surface area contributed by atoms with Crippen LogP contribution in [0.3, 0.4) is 0 Å². The summed E-state index contributed by atoms with van der Waals surface area (Å²) in [5.74, 6) is 0. The molecule has 0 spiro atoms. The van der Waals surface area contributed by atoms with Crippen molar-refractivity contribution >= 4 is 11.3 Å². The first-order chi connectivity index (χ1) is 8.63. The maximum absolute atomic E-state index is 8.59. The molecule has 0 radical (unpaired) electrons. The fraction of sp³-hybridized carbons (Fsp3) is 0.333. The Morgan fingerprint density at radius 1 is 1.22 bits per heavy atom. The van der Waals surface area contributed by atoms with Gasteiger partial charge in [-0.15, -0.1) is 11.3 Å². The highest BCUT2D eigenvalue weighted by molar-refractivity contribution is 7.13. The van der Waals surface area contributed by atoms with Crippen molar-refractivity contribution in [2.75, 3.05) is 0 Å². The number of benzene rings is 1. The van der Waals surface area contributed by atoms with E-state index in [0.29, 0.717) is 6.42 Å². The minimum Gasteiger partial charge on any atom is -0.241 e. The normalized spacial score (nSPS) is 10.3. The molecule has 0 aliphatic heterocycles. The van der Waals surface area contributed by atoms with Crippen LogP contribution in [0.4, 0.5) is 0 Å². The van der Waals surface area contributed by atoms with Crippen LogP contribution >= 0.6 is 11.3 Å². The zero-order valence-electron chi connectivity index (χ0n) is 10.9. The van der Waals surface area contributed by atoms with Crippen LogP contribution in [0.15, 0.2) is 17.5 Å². The Balaban J connectivity index is 2.35. The van der Waals surface area contributed by atoms with E-state index in [1.807, 2.05) is 0 Å². The van der Waals surface area contributed by atoms with E-state index >= 15 is 0 Å². The summed E-state index contributed by atoms with van der Waals surface area (Å²) < 4.78 is 0. The first kappa shape index (κ1) is 12.8. The molecule has 0 amide bonds. The summed E-state index contributed by atoms with van der Waals surface area (Å²) in [5.41, 5.74) is 6.19. The smallest absolute Gasteiger partial charge is 0.123 e. The van der Waals surface area contributed by atoms with Crippen molar-refractivity contribution in [2.45, 2.75) is 33.6 Å². The van der Waals surface area contributed by atoms with Gasteiger partial charge >= 0.3 is 0 Å². The quantitative estimate of drug-likeness (QED) is 0.825. The molecular formula is C15H16N2S. The van der Waals surface area contributed by atoms with Crippen molar-refractivity contribution in [3.05, 3.63) is 39.9 Å². The summed E-state index contributed by atoms with van der Waals surface area (Å²) in [5, 5.41) is 11.7. The minimum absolute atomic E-state index is 0.537. The Morgan fingerprint density at radius 2 is 2.00 bits per heavy atom. The Hall–Kier alpha value is -1.66. The van der Waals surface area contributed by atoms with Crippen LogP contribution in [-0.2, 0) is 6.42 Å². The summed E-state index contributed by atoms with van der Waals surface area (Å²) in [6.07, 6.45) is 1.28. The number of hydrogen-bond acceptors (Lipinski definition) is 3. The lowest BCUT2D eigenvalue weighted by Gasteiger charge is -2.08. The van der Waals surface area contributed by atoms with Crippen LogP contribution in [0.5, 0.6) is 0 Å². The van der Waals surface area contributed by atoms with Gasteiger partial charge in [0.25, 0.3) is 0 Å². The maximum atomic E-state index is 8.59. The predicted octanol–water partition coefficient (Wildman–Crippen LogP) is 4.19. The van der Waals surface area contributed by atoms with Gasteiger partial charge in [-0.1, -0.05) is 12.1 Å². The van der Waals surface area contributed by atoms with Gasteiger partial charge in [-0.25, -0.2) is 4.98 Å². The molecule has 0 aliphatic carbocycles. The highest BCUT2D eigenvalue weighted by atomic mass is 32.1. The molecule has 0 unspecified atom stereocenters. The molecule has 0 saturated heterocycles. The lowest BCUT2D eigenvalue weighted by molar-refractivity contribution is 0.968. The second-order valence-corrected chi connectivity index (χ2v) is 5.34. The van der Waals surface area contributed by atoms with Crippen LogP contribution in [0.1, 0.15) is 28.8 Å². The first-order valence-electron chi connectivity index (χ1n) is 6.02. The third-order valence-corrected chi connectivity index (χ3v) is 4.26. The van der Waals surface area contributed by atoms with Crippen molar-refractivity contribution < 1.29 is 0 Å². The monoisotopic (exact) mass is 256 g/mol. The van der Waals surface area contributed by atoms with Crippen LogP contribution in [0.25, 0.3) is 10.6 Å². The zero-order chi connectivity index (χ0) is 13.1. The third kappa shape index (κ3) is 2.44. The van der Waals surface area contributed by atoms with Gasteiger partial charge in [0, 0.05) is 23.8 Å². The molecule has 3 heteroatoms. The molecule has 0 N–H and O–H groups in total. The molecule has 0 bridgehead atoms. The number of aromatic nitrogens is 1. The van der Waals surface area contributed by atoms with Gasteiger partial charge in [-0.3, -0.25) is 0 Å². The molecule has 0 atom stereocenters. The summed E-state index contributed by atoms with van der Waals surface area (Å²) >= 11 is 1.66. The third-order valence-electron chi connectivity index (χ3n) is 3.33. The van der Waals surface area contributed by atoms with Gasteiger partial charge in [0.15, 0.2) is 0 Å². The molecule has 0 saturated carbocycles. The number of hydrogen-bond donors (Lipinski definition) is 0. The molecule has 1 heterocycles. The molecule has 92 valence electrons. The van der Waals surface area contributed by atoms with Gasteiger partial charge in [0.05, 0.1) is 11.8 Å². The summed E-state index contributed by atoms with van der Waals surface area (Å²) in [6, 6.07) is 6.45. The largest absolute Gasteiger partial charge is 0.241 e. The first-order valence-corrected chi connectivity index (χ1v) is 6.90. The van der Waals surface area contributed by atoms with E-state index in [9.17, 15) is 0 Å². The second kappa shape index (κ2) is 5.32. The van der Waals surface area contributed by atoms with E-state index in [0.717, 1.165) is 17.1 Å². The van der Waals surface area contributed by atoms with Crippen molar-refractivity contribution in [1.29, 1.82) is 5.26 Å². The summed E-state index contributed by atoms with van der Waals surface area (Å²) in [6.45, 7) is 6.43. The summed E-state index contributed by atoms with van der Waals surface area (Å²) in [4.78, 5) is 4.62.